The minimum atomic E-state index is 0.398. The highest BCUT2D eigenvalue weighted by Gasteiger charge is 2.23. The molecule has 1 aliphatic heterocycles. The molecule has 20 heavy (non-hydrogen) atoms. The molecule has 0 radical (unpaired) electrons. The third kappa shape index (κ3) is 4.07. The van der Waals surface area contributed by atoms with Gasteiger partial charge in [-0.1, -0.05) is 49.6 Å². The first-order valence-corrected chi connectivity index (χ1v) is 8.25. The Morgan fingerprint density at radius 2 is 2.15 bits per heavy atom. The molecule has 0 aliphatic carbocycles. The smallest absolute Gasteiger partial charge is 0.0470 e. The van der Waals surface area contributed by atoms with Gasteiger partial charge in [0, 0.05) is 12.6 Å². The van der Waals surface area contributed by atoms with Gasteiger partial charge < -0.3 is 5.73 Å². The second-order valence-electron chi connectivity index (χ2n) is 6.29. The van der Waals surface area contributed by atoms with Crippen molar-refractivity contribution in [2.45, 2.75) is 52.0 Å². The Morgan fingerprint density at radius 3 is 2.85 bits per heavy atom. The van der Waals surface area contributed by atoms with E-state index in [4.69, 9.17) is 5.73 Å². The van der Waals surface area contributed by atoms with Gasteiger partial charge in [-0.05, 0) is 50.8 Å². The zero-order valence-electron chi connectivity index (χ0n) is 13.1. The van der Waals surface area contributed by atoms with Crippen molar-refractivity contribution < 1.29 is 0 Å². The molecule has 2 rings (SSSR count). The maximum atomic E-state index is 6.09. The summed E-state index contributed by atoms with van der Waals surface area (Å²) >= 11 is 0. The Labute approximate surface area is 124 Å². The summed E-state index contributed by atoms with van der Waals surface area (Å²) in [6.07, 6.45) is 6.78. The van der Waals surface area contributed by atoms with E-state index < -0.39 is 0 Å². The summed E-state index contributed by atoms with van der Waals surface area (Å²) in [5.74, 6) is 0.931. The minimum Gasteiger partial charge on any atom is -0.329 e. The van der Waals surface area contributed by atoms with Gasteiger partial charge in [0.05, 0.1) is 0 Å². The van der Waals surface area contributed by atoms with E-state index in [1.807, 2.05) is 0 Å². The van der Waals surface area contributed by atoms with Crippen molar-refractivity contribution in [3.63, 3.8) is 0 Å². The molecule has 0 spiro atoms. The highest BCUT2D eigenvalue weighted by Crippen LogP contribution is 2.27. The van der Waals surface area contributed by atoms with Crippen LogP contribution >= 0.6 is 0 Å². The van der Waals surface area contributed by atoms with E-state index in [1.54, 1.807) is 0 Å². The fourth-order valence-corrected chi connectivity index (χ4v) is 3.57. The van der Waals surface area contributed by atoms with Crippen molar-refractivity contribution >= 4 is 0 Å². The lowest BCUT2D eigenvalue weighted by Gasteiger charge is -2.30. The number of nitrogens with zero attached hydrogens (tertiary/aromatic N) is 1. The first-order chi connectivity index (χ1) is 9.74. The van der Waals surface area contributed by atoms with E-state index in [-0.39, 0.29) is 0 Å². The Hall–Kier alpha value is -0.860. The van der Waals surface area contributed by atoms with Gasteiger partial charge in [0.25, 0.3) is 0 Å². The van der Waals surface area contributed by atoms with Gasteiger partial charge in [0.2, 0.25) is 0 Å². The van der Waals surface area contributed by atoms with E-state index in [2.05, 4.69) is 43.0 Å². The Bertz CT molecular complexity index is 402. The monoisotopic (exact) mass is 274 g/mol. The summed E-state index contributed by atoms with van der Waals surface area (Å²) in [4.78, 5) is 2.62. The molecule has 0 aromatic heterocycles. The van der Waals surface area contributed by atoms with Gasteiger partial charge in [0.15, 0.2) is 0 Å². The van der Waals surface area contributed by atoms with Crippen molar-refractivity contribution in [1.29, 1.82) is 0 Å². The van der Waals surface area contributed by atoms with Crippen LogP contribution in [0.1, 0.15) is 56.2 Å². The lowest BCUT2D eigenvalue weighted by Crippen LogP contribution is -2.34. The molecule has 2 unspecified atom stereocenters. The molecule has 2 N–H and O–H groups in total. The summed E-state index contributed by atoms with van der Waals surface area (Å²) in [5, 5.41) is 0. The molecule has 1 saturated heterocycles. The van der Waals surface area contributed by atoms with Crippen LogP contribution in [0, 0.1) is 12.8 Å². The van der Waals surface area contributed by atoms with Crippen LogP contribution in [-0.4, -0.2) is 24.5 Å². The lowest BCUT2D eigenvalue weighted by molar-refractivity contribution is 0.206. The lowest BCUT2D eigenvalue weighted by atomic mass is 9.96. The SMILES string of the molecule is CCCC1CCCN(C(CN)c2cccc(C)c2)CC1. The molecule has 1 fully saturated rings. The van der Waals surface area contributed by atoms with Crippen LogP contribution in [0.4, 0.5) is 0 Å². The molecule has 2 nitrogen and oxygen atoms in total. The fraction of sp³-hybridized carbons (Fsp3) is 0.667. The standard InChI is InChI=1S/C18H30N2/c1-3-6-16-8-5-11-20(12-10-16)18(14-19)17-9-4-7-15(2)13-17/h4,7,9,13,16,18H,3,5-6,8,10-12,14,19H2,1-2H3. The van der Waals surface area contributed by atoms with E-state index in [0.717, 1.165) is 12.5 Å². The van der Waals surface area contributed by atoms with Crippen molar-refractivity contribution in [2.24, 2.45) is 11.7 Å². The molecule has 0 amide bonds. The number of hydrogen-bond acceptors (Lipinski definition) is 2. The molecule has 0 saturated carbocycles. The molecule has 1 aromatic carbocycles. The molecular weight excluding hydrogens is 244 g/mol. The summed E-state index contributed by atoms with van der Waals surface area (Å²) in [6, 6.07) is 9.25. The molecule has 1 heterocycles. The zero-order valence-corrected chi connectivity index (χ0v) is 13.1. The van der Waals surface area contributed by atoms with Crippen molar-refractivity contribution in [2.75, 3.05) is 19.6 Å². The number of likely N-dealkylation sites (tertiary alicyclic amines) is 1. The van der Waals surface area contributed by atoms with E-state index in [9.17, 15) is 0 Å². The van der Waals surface area contributed by atoms with E-state index in [1.165, 1.54) is 56.3 Å². The topological polar surface area (TPSA) is 29.3 Å². The zero-order chi connectivity index (χ0) is 14.4. The Kier molecular flexibility index (Phi) is 6.06. The van der Waals surface area contributed by atoms with Crippen molar-refractivity contribution in [3.8, 4) is 0 Å². The predicted octanol–water partition coefficient (Wildman–Crippen LogP) is 3.90. The van der Waals surface area contributed by atoms with Crippen LogP contribution in [0.25, 0.3) is 0 Å². The average Bonchev–Trinajstić information content (AvgIpc) is 2.66. The number of benzene rings is 1. The highest BCUT2D eigenvalue weighted by atomic mass is 15.2. The number of hydrogen-bond donors (Lipinski definition) is 1. The molecule has 0 bridgehead atoms. The summed E-state index contributed by atoms with van der Waals surface area (Å²) < 4.78 is 0. The van der Waals surface area contributed by atoms with Crippen LogP contribution in [-0.2, 0) is 0 Å². The molecule has 112 valence electrons. The number of aryl methyl sites for hydroxylation is 1. The van der Waals surface area contributed by atoms with Crippen molar-refractivity contribution in [1.82, 2.24) is 4.90 Å². The van der Waals surface area contributed by atoms with Gasteiger partial charge in [-0.2, -0.15) is 0 Å². The molecule has 1 aliphatic rings. The van der Waals surface area contributed by atoms with Gasteiger partial charge >= 0.3 is 0 Å². The molecule has 2 atom stereocenters. The van der Waals surface area contributed by atoms with Gasteiger partial charge in [-0.25, -0.2) is 0 Å². The van der Waals surface area contributed by atoms with Gasteiger partial charge in [0.1, 0.15) is 0 Å². The van der Waals surface area contributed by atoms with Gasteiger partial charge in [-0.3, -0.25) is 4.90 Å². The van der Waals surface area contributed by atoms with Crippen LogP contribution < -0.4 is 5.73 Å². The summed E-state index contributed by atoms with van der Waals surface area (Å²) in [7, 11) is 0. The average molecular weight is 274 g/mol. The predicted molar refractivity (Wildman–Crippen MR) is 86.8 cm³/mol. The van der Waals surface area contributed by atoms with Crippen LogP contribution in [0.15, 0.2) is 24.3 Å². The normalized spacial score (nSPS) is 22.4. The first-order valence-electron chi connectivity index (χ1n) is 8.25. The van der Waals surface area contributed by atoms with Crippen LogP contribution in [0.5, 0.6) is 0 Å². The summed E-state index contributed by atoms with van der Waals surface area (Å²) in [6.45, 7) is 7.60. The number of nitrogens with two attached hydrogens (primary N) is 1. The summed E-state index contributed by atoms with van der Waals surface area (Å²) in [5.41, 5.74) is 8.81. The van der Waals surface area contributed by atoms with E-state index >= 15 is 0 Å². The molecule has 2 heteroatoms. The Morgan fingerprint density at radius 1 is 1.30 bits per heavy atom. The van der Waals surface area contributed by atoms with Crippen molar-refractivity contribution in [3.05, 3.63) is 35.4 Å². The Balaban J connectivity index is 2.04. The fourth-order valence-electron chi connectivity index (χ4n) is 3.57. The quantitative estimate of drug-likeness (QED) is 0.882. The third-order valence-corrected chi connectivity index (χ3v) is 4.67. The van der Waals surface area contributed by atoms with Crippen LogP contribution in [0.2, 0.25) is 0 Å². The second-order valence-corrected chi connectivity index (χ2v) is 6.29. The van der Waals surface area contributed by atoms with Crippen LogP contribution in [0.3, 0.4) is 0 Å². The highest BCUT2D eigenvalue weighted by molar-refractivity contribution is 5.25. The third-order valence-electron chi connectivity index (χ3n) is 4.67. The minimum absolute atomic E-state index is 0.398. The largest absolute Gasteiger partial charge is 0.329 e. The molecule has 1 aromatic rings. The maximum absolute atomic E-state index is 6.09. The maximum Gasteiger partial charge on any atom is 0.0470 e. The van der Waals surface area contributed by atoms with E-state index in [0.29, 0.717) is 6.04 Å². The molecular formula is C18H30N2. The first kappa shape index (κ1) is 15.5. The number of rotatable bonds is 5. The second kappa shape index (κ2) is 7.80. The van der Waals surface area contributed by atoms with Gasteiger partial charge in [-0.15, -0.1) is 0 Å².